The Bertz CT molecular complexity index is 564. The van der Waals surface area contributed by atoms with Crippen molar-refractivity contribution in [3.05, 3.63) is 29.8 Å². The normalized spacial score (nSPS) is 12.2. The van der Waals surface area contributed by atoms with Gasteiger partial charge in [0.05, 0.1) is 23.5 Å². The summed E-state index contributed by atoms with van der Waals surface area (Å²) in [5.74, 6) is -0.488. The van der Waals surface area contributed by atoms with E-state index in [1.165, 1.54) is 31.2 Å². The summed E-state index contributed by atoms with van der Waals surface area (Å²) in [4.78, 5) is 11.8. The zero-order valence-electron chi connectivity index (χ0n) is 11.0. The summed E-state index contributed by atoms with van der Waals surface area (Å²) in [5.41, 5.74) is -0.579. The minimum Gasteiger partial charge on any atom is -0.395 e. The third-order valence-corrected chi connectivity index (χ3v) is 3.88. The number of carbonyl (C=O) groups is 1. The average molecular weight is 302 g/mol. The Morgan fingerprint density at radius 2 is 1.75 bits per heavy atom. The van der Waals surface area contributed by atoms with Crippen LogP contribution in [0, 0.1) is 5.41 Å². The predicted molar refractivity (Wildman–Crippen MR) is 71.9 cm³/mol. The molecule has 8 heteroatoms. The second-order valence-electron chi connectivity index (χ2n) is 4.75. The Morgan fingerprint density at radius 3 is 2.15 bits per heavy atom. The number of benzene rings is 1. The van der Waals surface area contributed by atoms with E-state index in [4.69, 9.17) is 15.4 Å². The molecule has 0 aliphatic carbocycles. The lowest BCUT2D eigenvalue weighted by Crippen LogP contribution is -2.43. The number of rotatable bonds is 6. The van der Waals surface area contributed by atoms with Gasteiger partial charge in [-0.2, -0.15) is 0 Å². The van der Waals surface area contributed by atoms with Gasteiger partial charge in [-0.3, -0.25) is 4.79 Å². The molecule has 0 aliphatic rings. The number of sulfonamides is 1. The lowest BCUT2D eigenvalue weighted by atomic mass is 9.92. The monoisotopic (exact) mass is 302 g/mol. The van der Waals surface area contributed by atoms with E-state index in [9.17, 15) is 13.2 Å². The zero-order chi connectivity index (χ0) is 15.4. The van der Waals surface area contributed by atoms with E-state index >= 15 is 0 Å². The van der Waals surface area contributed by atoms with Gasteiger partial charge in [0.2, 0.25) is 15.9 Å². The lowest BCUT2D eigenvalue weighted by Gasteiger charge is -2.23. The van der Waals surface area contributed by atoms with E-state index in [1.54, 1.807) is 0 Å². The van der Waals surface area contributed by atoms with Crippen LogP contribution in [0.25, 0.3) is 0 Å². The summed E-state index contributed by atoms with van der Waals surface area (Å²) in [6, 6.07) is 5.73. The van der Waals surface area contributed by atoms with Gasteiger partial charge >= 0.3 is 0 Å². The van der Waals surface area contributed by atoms with E-state index in [-0.39, 0.29) is 11.4 Å². The maximum Gasteiger partial charge on any atom is 0.238 e. The van der Waals surface area contributed by atoms with Crippen molar-refractivity contribution in [2.75, 3.05) is 13.2 Å². The molecule has 0 radical (unpaired) electrons. The molecule has 0 saturated carbocycles. The fourth-order valence-electron chi connectivity index (χ4n) is 1.39. The highest BCUT2D eigenvalue weighted by Gasteiger charge is 2.31. The Kier molecular flexibility index (Phi) is 5.23. The van der Waals surface area contributed by atoms with Crippen LogP contribution in [0.3, 0.4) is 0 Å². The fourth-order valence-corrected chi connectivity index (χ4v) is 1.90. The van der Waals surface area contributed by atoms with Crippen molar-refractivity contribution in [1.82, 2.24) is 5.32 Å². The molecular formula is C12H18N2O5S. The van der Waals surface area contributed by atoms with Crippen LogP contribution in [-0.2, 0) is 21.4 Å². The van der Waals surface area contributed by atoms with Crippen LogP contribution in [-0.4, -0.2) is 37.8 Å². The molecule has 1 aromatic rings. The third-order valence-electron chi connectivity index (χ3n) is 2.95. The number of primary sulfonamides is 1. The average Bonchev–Trinajstić information content (AvgIpc) is 2.43. The number of nitrogens with two attached hydrogens (primary N) is 1. The van der Waals surface area contributed by atoms with Crippen molar-refractivity contribution in [2.45, 2.75) is 18.4 Å². The number of aliphatic hydroxyl groups is 2. The number of nitrogens with one attached hydrogen (secondary N) is 1. The summed E-state index contributed by atoms with van der Waals surface area (Å²) < 4.78 is 22.1. The Labute approximate surface area is 117 Å². The van der Waals surface area contributed by atoms with Crippen LogP contribution in [0.2, 0.25) is 0 Å². The SMILES string of the molecule is CC(CO)(CO)C(=O)NCc1ccc(S(N)(=O)=O)cc1. The van der Waals surface area contributed by atoms with E-state index in [0.29, 0.717) is 5.56 Å². The van der Waals surface area contributed by atoms with Crippen molar-refractivity contribution in [3.63, 3.8) is 0 Å². The van der Waals surface area contributed by atoms with Gasteiger partial charge in [0.1, 0.15) is 0 Å². The topological polar surface area (TPSA) is 130 Å². The second-order valence-corrected chi connectivity index (χ2v) is 6.31. The van der Waals surface area contributed by atoms with E-state index in [1.807, 2.05) is 0 Å². The predicted octanol–water partition coefficient (Wildman–Crippen LogP) is -1.06. The van der Waals surface area contributed by atoms with E-state index in [2.05, 4.69) is 5.32 Å². The molecule has 1 amide bonds. The Morgan fingerprint density at radius 1 is 1.25 bits per heavy atom. The fraction of sp³-hybridized carbons (Fsp3) is 0.417. The molecule has 1 aromatic carbocycles. The van der Waals surface area contributed by atoms with Crippen molar-refractivity contribution >= 4 is 15.9 Å². The van der Waals surface area contributed by atoms with Crippen LogP contribution in [0.4, 0.5) is 0 Å². The Balaban J connectivity index is 2.70. The van der Waals surface area contributed by atoms with Crippen LogP contribution in [0.15, 0.2) is 29.2 Å². The number of hydrogen-bond donors (Lipinski definition) is 4. The van der Waals surface area contributed by atoms with Gasteiger partial charge < -0.3 is 15.5 Å². The van der Waals surface area contributed by atoms with Gasteiger partial charge in [0.25, 0.3) is 0 Å². The molecule has 0 aliphatic heterocycles. The first kappa shape index (κ1) is 16.6. The molecule has 0 aromatic heterocycles. The number of aliphatic hydroxyl groups excluding tert-OH is 2. The first-order valence-corrected chi connectivity index (χ1v) is 7.39. The molecule has 0 bridgehead atoms. The zero-order valence-corrected chi connectivity index (χ0v) is 11.9. The van der Waals surface area contributed by atoms with Crippen LogP contribution < -0.4 is 10.5 Å². The van der Waals surface area contributed by atoms with E-state index < -0.39 is 34.6 Å². The second kappa shape index (κ2) is 6.31. The highest BCUT2D eigenvalue weighted by atomic mass is 32.2. The summed E-state index contributed by atoms with van der Waals surface area (Å²) >= 11 is 0. The van der Waals surface area contributed by atoms with Gasteiger partial charge in [-0.1, -0.05) is 12.1 Å². The highest BCUT2D eigenvalue weighted by Crippen LogP contribution is 2.15. The molecule has 1 rings (SSSR count). The summed E-state index contributed by atoms with van der Waals surface area (Å²) in [7, 11) is -3.74. The van der Waals surface area contributed by atoms with Gasteiger partial charge in [0, 0.05) is 6.54 Å². The van der Waals surface area contributed by atoms with Gasteiger partial charge in [-0.25, -0.2) is 13.6 Å². The van der Waals surface area contributed by atoms with Crippen molar-refractivity contribution in [3.8, 4) is 0 Å². The molecule has 20 heavy (non-hydrogen) atoms. The number of amides is 1. The van der Waals surface area contributed by atoms with Crippen LogP contribution in [0.1, 0.15) is 12.5 Å². The summed E-state index contributed by atoms with van der Waals surface area (Å²) in [6.07, 6.45) is 0. The quantitative estimate of drug-likeness (QED) is 0.532. The number of hydrogen-bond acceptors (Lipinski definition) is 5. The molecule has 0 fully saturated rings. The smallest absolute Gasteiger partial charge is 0.238 e. The standard InChI is InChI=1S/C12H18N2O5S/c1-12(7-15,8-16)11(17)14-6-9-2-4-10(5-3-9)20(13,18)19/h2-5,15-16H,6-8H2,1H3,(H,14,17)(H2,13,18,19). The molecule has 0 spiro atoms. The molecule has 0 atom stereocenters. The molecule has 5 N–H and O–H groups in total. The molecule has 0 heterocycles. The third kappa shape index (κ3) is 4.01. The number of carbonyl (C=O) groups excluding carboxylic acids is 1. The maximum atomic E-state index is 11.8. The van der Waals surface area contributed by atoms with Gasteiger partial charge in [-0.05, 0) is 24.6 Å². The van der Waals surface area contributed by atoms with Crippen molar-refractivity contribution in [1.29, 1.82) is 0 Å². The first-order valence-electron chi connectivity index (χ1n) is 5.85. The maximum absolute atomic E-state index is 11.8. The molecule has 112 valence electrons. The Hall–Kier alpha value is -1.48. The lowest BCUT2D eigenvalue weighted by molar-refractivity contribution is -0.135. The van der Waals surface area contributed by atoms with Gasteiger partial charge in [0.15, 0.2) is 0 Å². The van der Waals surface area contributed by atoms with Crippen molar-refractivity contribution < 1.29 is 23.4 Å². The first-order chi connectivity index (χ1) is 9.23. The highest BCUT2D eigenvalue weighted by molar-refractivity contribution is 7.89. The van der Waals surface area contributed by atoms with Gasteiger partial charge in [-0.15, -0.1) is 0 Å². The van der Waals surface area contributed by atoms with Crippen LogP contribution >= 0.6 is 0 Å². The van der Waals surface area contributed by atoms with E-state index in [0.717, 1.165) is 0 Å². The summed E-state index contributed by atoms with van der Waals surface area (Å²) in [6.45, 7) is 0.644. The minimum absolute atomic E-state index is 0.0110. The largest absolute Gasteiger partial charge is 0.395 e. The van der Waals surface area contributed by atoms with Crippen molar-refractivity contribution in [2.24, 2.45) is 10.6 Å². The molecule has 7 nitrogen and oxygen atoms in total. The minimum atomic E-state index is -3.74. The molecular weight excluding hydrogens is 284 g/mol. The van der Waals surface area contributed by atoms with Crippen LogP contribution in [0.5, 0.6) is 0 Å². The molecule has 0 saturated heterocycles. The molecule has 0 unspecified atom stereocenters. The summed E-state index contributed by atoms with van der Waals surface area (Å²) in [5, 5.41) is 25.7.